The number of carbonyl (C=O) groups is 1. The Bertz CT molecular complexity index is 1320. The van der Waals surface area contributed by atoms with E-state index in [1.54, 1.807) is 22.8 Å². The van der Waals surface area contributed by atoms with Gasteiger partial charge in [-0.05, 0) is 63.3 Å². The lowest BCUT2D eigenvalue weighted by molar-refractivity contribution is -0.0589. The van der Waals surface area contributed by atoms with Crippen molar-refractivity contribution in [1.82, 2.24) is 9.55 Å². The number of ether oxygens (including phenoxy) is 2. The molecular formula is C26H29BF2N2O5. The largest absolute Gasteiger partial charge is 0.494 e. The number of nitrogens with zero attached hydrogens (tertiary/aromatic N) is 2. The van der Waals surface area contributed by atoms with Crippen molar-refractivity contribution >= 4 is 29.6 Å². The molecule has 2 saturated heterocycles. The summed E-state index contributed by atoms with van der Waals surface area (Å²) in [6.45, 7) is 8.85. The van der Waals surface area contributed by atoms with E-state index in [0.717, 1.165) is 12.5 Å². The summed E-state index contributed by atoms with van der Waals surface area (Å²) < 4.78 is 54.4. The second-order valence-corrected chi connectivity index (χ2v) is 10.4. The quantitative estimate of drug-likeness (QED) is 0.381. The molecule has 3 heterocycles. The highest BCUT2D eigenvalue weighted by Gasteiger charge is 2.51. The van der Waals surface area contributed by atoms with E-state index in [2.05, 4.69) is 4.98 Å². The highest BCUT2D eigenvalue weighted by molar-refractivity contribution is 6.62. The van der Waals surface area contributed by atoms with Gasteiger partial charge in [0.2, 0.25) is 0 Å². The van der Waals surface area contributed by atoms with Crippen LogP contribution in [0.5, 0.6) is 0 Å². The number of methoxy groups -OCH3 is 1. The minimum Gasteiger partial charge on any atom is -0.465 e. The third-order valence-electron chi connectivity index (χ3n) is 7.44. The predicted molar refractivity (Wildman–Crippen MR) is 130 cm³/mol. The molecule has 3 aromatic rings. The van der Waals surface area contributed by atoms with Gasteiger partial charge in [0, 0.05) is 13.0 Å². The number of hydrogen-bond acceptors (Lipinski definition) is 6. The molecule has 0 radical (unpaired) electrons. The number of benzene rings is 2. The third-order valence-corrected chi connectivity index (χ3v) is 7.44. The lowest BCUT2D eigenvalue weighted by atomic mass is 9.78. The summed E-state index contributed by atoms with van der Waals surface area (Å²) in [4.78, 5) is 16.5. The molecule has 2 aromatic carbocycles. The van der Waals surface area contributed by atoms with E-state index in [0.29, 0.717) is 35.5 Å². The van der Waals surface area contributed by atoms with Crippen LogP contribution in [0.3, 0.4) is 0 Å². The van der Waals surface area contributed by atoms with E-state index in [9.17, 15) is 9.18 Å². The first-order chi connectivity index (χ1) is 17.0. The van der Waals surface area contributed by atoms with Crippen LogP contribution in [0.25, 0.3) is 11.0 Å². The second-order valence-electron chi connectivity index (χ2n) is 10.4. The molecule has 0 N–H and O–H groups in total. The van der Waals surface area contributed by atoms with Gasteiger partial charge in [-0.2, -0.15) is 0 Å². The summed E-state index contributed by atoms with van der Waals surface area (Å²) in [5, 5.41) is 0. The van der Waals surface area contributed by atoms with Gasteiger partial charge in [0.25, 0.3) is 0 Å². The number of aromatic nitrogens is 2. The van der Waals surface area contributed by atoms with Gasteiger partial charge in [0.05, 0.1) is 42.0 Å². The monoisotopic (exact) mass is 498 g/mol. The zero-order valence-electron chi connectivity index (χ0n) is 21.1. The summed E-state index contributed by atoms with van der Waals surface area (Å²) in [6.07, 6.45) is 0.931. The molecule has 36 heavy (non-hydrogen) atoms. The Hall–Kier alpha value is -2.82. The molecule has 2 fully saturated rings. The molecule has 0 saturated carbocycles. The smallest absolute Gasteiger partial charge is 0.465 e. The number of fused-ring (bicyclic) bond motifs is 1. The van der Waals surface area contributed by atoms with E-state index in [1.807, 2.05) is 27.7 Å². The average molecular weight is 498 g/mol. The molecule has 0 aliphatic carbocycles. The maximum Gasteiger partial charge on any atom is 0.494 e. The van der Waals surface area contributed by atoms with E-state index in [4.69, 9.17) is 18.8 Å². The fraction of sp³-hybridized carbons (Fsp3) is 0.462. The van der Waals surface area contributed by atoms with Crippen molar-refractivity contribution in [2.45, 2.75) is 64.4 Å². The summed E-state index contributed by atoms with van der Waals surface area (Å²) in [5.74, 6) is -1.24. The Morgan fingerprint density at radius 3 is 2.42 bits per heavy atom. The van der Waals surface area contributed by atoms with Crippen LogP contribution in [0.15, 0.2) is 30.3 Å². The van der Waals surface area contributed by atoms with Crippen molar-refractivity contribution in [3.05, 3.63) is 58.9 Å². The second kappa shape index (κ2) is 8.94. The molecule has 0 amide bonds. The van der Waals surface area contributed by atoms with Crippen LogP contribution in [-0.2, 0) is 31.7 Å². The Balaban J connectivity index is 1.49. The van der Waals surface area contributed by atoms with Gasteiger partial charge < -0.3 is 23.3 Å². The van der Waals surface area contributed by atoms with Crippen LogP contribution < -0.4 is 5.46 Å². The van der Waals surface area contributed by atoms with Gasteiger partial charge in [-0.25, -0.2) is 18.6 Å². The van der Waals surface area contributed by atoms with Gasteiger partial charge >= 0.3 is 13.1 Å². The number of halogens is 2. The van der Waals surface area contributed by atoms with E-state index >= 15 is 4.39 Å². The fourth-order valence-electron chi connectivity index (χ4n) is 4.44. The first-order valence-corrected chi connectivity index (χ1v) is 12.0. The number of hydrogen-bond donors (Lipinski definition) is 0. The standard InChI is InChI=1S/C26H29BF2N2O5/c1-25(2)26(3,4)36-27(35-25)17-7-6-15(19(28)13-17)12-22-30-23-20(29)10-16(24(32)33-5)11-21(23)31(22)14-18-8-9-34-18/h6-7,10-11,13,18H,8-9,12,14H2,1-5H3/t18-/m0/s1. The average Bonchev–Trinajstić information content (AvgIpc) is 3.24. The van der Waals surface area contributed by atoms with Crippen molar-refractivity contribution in [3.8, 4) is 0 Å². The van der Waals surface area contributed by atoms with E-state index < -0.39 is 35.9 Å². The van der Waals surface area contributed by atoms with Gasteiger partial charge in [-0.1, -0.05) is 12.1 Å². The minimum absolute atomic E-state index is 0.0541. The maximum absolute atomic E-state index is 15.3. The maximum atomic E-state index is 15.3. The van der Waals surface area contributed by atoms with Gasteiger partial charge in [-0.3, -0.25) is 0 Å². The van der Waals surface area contributed by atoms with Gasteiger partial charge in [-0.15, -0.1) is 0 Å². The Morgan fingerprint density at radius 1 is 1.14 bits per heavy atom. The van der Waals surface area contributed by atoms with Crippen molar-refractivity contribution in [3.63, 3.8) is 0 Å². The highest BCUT2D eigenvalue weighted by Crippen LogP contribution is 2.36. The minimum atomic E-state index is -0.676. The van der Waals surface area contributed by atoms with Crippen molar-refractivity contribution < 1.29 is 32.4 Å². The first-order valence-electron chi connectivity index (χ1n) is 12.0. The van der Waals surface area contributed by atoms with Crippen LogP contribution in [0.2, 0.25) is 0 Å². The fourth-order valence-corrected chi connectivity index (χ4v) is 4.44. The molecule has 5 rings (SSSR count). The molecule has 190 valence electrons. The summed E-state index contributed by atoms with van der Waals surface area (Å²) in [6, 6.07) is 7.52. The molecule has 1 atom stereocenters. The number of imidazole rings is 1. The number of rotatable bonds is 6. The van der Waals surface area contributed by atoms with Gasteiger partial charge in [0.1, 0.15) is 17.2 Å². The van der Waals surface area contributed by atoms with Gasteiger partial charge in [0.15, 0.2) is 5.82 Å². The molecule has 0 spiro atoms. The van der Waals surface area contributed by atoms with Crippen LogP contribution in [0.1, 0.15) is 55.9 Å². The predicted octanol–water partition coefficient (Wildman–Crippen LogP) is 3.78. The highest BCUT2D eigenvalue weighted by atomic mass is 19.1. The molecule has 0 bridgehead atoms. The zero-order valence-corrected chi connectivity index (χ0v) is 21.1. The van der Waals surface area contributed by atoms with Crippen molar-refractivity contribution in [2.75, 3.05) is 13.7 Å². The topological polar surface area (TPSA) is 71.8 Å². The Morgan fingerprint density at radius 2 is 1.83 bits per heavy atom. The lowest BCUT2D eigenvalue weighted by Crippen LogP contribution is -2.41. The summed E-state index contributed by atoms with van der Waals surface area (Å²) >= 11 is 0. The zero-order chi connectivity index (χ0) is 25.8. The van der Waals surface area contributed by atoms with Crippen LogP contribution in [-0.4, -0.2) is 53.7 Å². The van der Waals surface area contributed by atoms with Crippen molar-refractivity contribution in [1.29, 1.82) is 0 Å². The molecule has 0 unspecified atom stereocenters. The molecular weight excluding hydrogens is 469 g/mol. The normalized spacial score (nSPS) is 20.5. The Labute approximate surface area is 208 Å². The molecule has 1 aromatic heterocycles. The third kappa shape index (κ3) is 4.31. The molecule has 2 aliphatic heterocycles. The number of carbonyl (C=O) groups excluding carboxylic acids is 1. The SMILES string of the molecule is COC(=O)c1cc(F)c2nc(Cc3ccc(B4OC(C)(C)C(C)(C)O4)cc3F)n(C[C@@H]3CCO3)c2c1. The Kier molecular flexibility index (Phi) is 6.17. The van der Waals surface area contributed by atoms with Crippen LogP contribution in [0.4, 0.5) is 8.78 Å². The molecule has 2 aliphatic rings. The molecule has 7 nitrogen and oxygen atoms in total. The van der Waals surface area contributed by atoms with Crippen LogP contribution in [0, 0.1) is 11.6 Å². The lowest BCUT2D eigenvalue weighted by Gasteiger charge is -2.32. The summed E-state index contributed by atoms with van der Waals surface area (Å²) in [5.41, 5.74) is 0.557. The number of esters is 1. The summed E-state index contributed by atoms with van der Waals surface area (Å²) in [7, 11) is 0.565. The molecule has 10 heteroatoms. The van der Waals surface area contributed by atoms with E-state index in [1.165, 1.54) is 13.2 Å². The van der Waals surface area contributed by atoms with E-state index in [-0.39, 0.29) is 23.6 Å². The van der Waals surface area contributed by atoms with Crippen LogP contribution >= 0.6 is 0 Å². The van der Waals surface area contributed by atoms with Crippen molar-refractivity contribution in [2.24, 2.45) is 0 Å². The first kappa shape index (κ1) is 24.9.